The lowest BCUT2D eigenvalue weighted by molar-refractivity contribution is -0.247. The van der Waals surface area contributed by atoms with Crippen molar-refractivity contribution in [1.29, 1.82) is 0 Å². The fourth-order valence-corrected chi connectivity index (χ4v) is 9.97. The summed E-state index contributed by atoms with van der Waals surface area (Å²) >= 11 is 5.14. The molecule has 5 heteroatoms. The van der Waals surface area contributed by atoms with Crippen molar-refractivity contribution >= 4 is 45.2 Å². The second-order valence-electron chi connectivity index (χ2n) is 16.1. The third-order valence-electron chi connectivity index (χ3n) is 9.56. The van der Waals surface area contributed by atoms with Crippen LogP contribution in [0.15, 0.2) is 0 Å². The second-order valence-corrected chi connectivity index (χ2v) is 20.3. The maximum Gasteiger partial charge on any atom is 0.160 e. The third kappa shape index (κ3) is 27.8. The van der Waals surface area contributed by atoms with Crippen molar-refractivity contribution in [2.75, 3.05) is 13.2 Å². The average Bonchev–Trinajstić information content (AvgIpc) is 2.87. The molecule has 0 saturated carbocycles. The quantitative estimate of drug-likeness (QED) is 0.0409. The van der Waals surface area contributed by atoms with Gasteiger partial charge in [-0.3, -0.25) is 0 Å². The van der Waals surface area contributed by atoms with Crippen LogP contribution in [0, 0.1) is 47.3 Å². The Bertz CT molecular complexity index is 605. The number of hydrogen-bond acceptors (Lipinski definition) is 3. The molecule has 0 bridgehead atoms. The van der Waals surface area contributed by atoms with Crippen LogP contribution in [0.3, 0.4) is 0 Å². The first-order valence-corrected chi connectivity index (χ1v) is 21.8. The highest BCUT2D eigenvalue weighted by molar-refractivity contribution is 14.1. The Balaban J connectivity index is 4.50. The molecule has 0 heterocycles. The summed E-state index contributed by atoms with van der Waals surface area (Å²) in [5.74, 6) is 6.43. The maximum absolute atomic E-state index is 6.45. The molecule has 0 radical (unpaired) electrons. The highest BCUT2D eigenvalue weighted by atomic mass is 127. The smallest absolute Gasteiger partial charge is 0.160 e. The fraction of sp³-hybridized carbons (Fsp3) is 1.00. The van der Waals surface area contributed by atoms with E-state index in [9.17, 15) is 0 Å². The van der Waals surface area contributed by atoms with Gasteiger partial charge >= 0.3 is 0 Å². The molecule has 0 N–H and O–H groups in total. The van der Waals surface area contributed by atoms with E-state index in [0.29, 0.717) is 13.2 Å². The summed E-state index contributed by atoms with van der Waals surface area (Å²) in [6.45, 7) is 29.8. The SMILES string of the molecule is CCOC(CCCC(C)CC(C)CC(C)CC(C)CC(C)I)OC(CCCC(C)CC(C)CC(C)CC(C)CC(C)I)OCC. The van der Waals surface area contributed by atoms with E-state index in [0.717, 1.165) is 80.9 Å². The summed E-state index contributed by atoms with van der Waals surface area (Å²) in [5.41, 5.74) is 0. The van der Waals surface area contributed by atoms with Crippen LogP contribution in [-0.4, -0.2) is 33.6 Å². The zero-order chi connectivity index (χ0) is 34.4. The lowest BCUT2D eigenvalue weighted by Crippen LogP contribution is -2.27. The molecule has 0 aliphatic rings. The van der Waals surface area contributed by atoms with Crippen molar-refractivity contribution in [1.82, 2.24) is 0 Å². The van der Waals surface area contributed by atoms with Gasteiger partial charge in [0.05, 0.1) is 0 Å². The van der Waals surface area contributed by atoms with Crippen LogP contribution in [0.1, 0.15) is 173 Å². The van der Waals surface area contributed by atoms with Crippen LogP contribution in [0.25, 0.3) is 0 Å². The third-order valence-corrected chi connectivity index (χ3v) is 10.6. The molecule has 0 aliphatic heterocycles. The van der Waals surface area contributed by atoms with Gasteiger partial charge in [0.15, 0.2) is 12.6 Å². The lowest BCUT2D eigenvalue weighted by atomic mass is 9.83. The molecule has 0 aliphatic carbocycles. The molecule has 0 fully saturated rings. The Kier molecular flexibility index (Phi) is 28.9. The predicted octanol–water partition coefficient (Wildman–Crippen LogP) is 13.9. The first-order chi connectivity index (χ1) is 21.1. The summed E-state index contributed by atoms with van der Waals surface area (Å²) in [6.07, 6.45) is 17.2. The van der Waals surface area contributed by atoms with Gasteiger partial charge in [0, 0.05) is 21.1 Å². The Morgan fingerprint density at radius 3 is 0.911 bits per heavy atom. The van der Waals surface area contributed by atoms with Crippen molar-refractivity contribution in [3.63, 3.8) is 0 Å². The minimum atomic E-state index is -0.158. The van der Waals surface area contributed by atoms with Gasteiger partial charge in [-0.25, -0.2) is 0 Å². The summed E-state index contributed by atoms with van der Waals surface area (Å²) in [4.78, 5) is 0. The van der Waals surface area contributed by atoms with Crippen LogP contribution in [0.2, 0.25) is 0 Å². The molecule has 0 saturated heterocycles. The predicted molar refractivity (Wildman–Crippen MR) is 217 cm³/mol. The summed E-state index contributed by atoms with van der Waals surface area (Å²) in [6, 6.07) is 0. The molecular weight excluding hydrogens is 782 g/mol. The van der Waals surface area contributed by atoms with E-state index in [2.05, 4.69) is 128 Å². The van der Waals surface area contributed by atoms with Crippen LogP contribution in [-0.2, 0) is 14.2 Å². The maximum atomic E-state index is 6.45. The molecule has 12 atom stereocenters. The normalized spacial score (nSPS) is 20.4. The van der Waals surface area contributed by atoms with E-state index in [1.54, 1.807) is 0 Å². The monoisotopic (exact) mass is 862 g/mol. The van der Waals surface area contributed by atoms with Crippen molar-refractivity contribution in [3.8, 4) is 0 Å². The van der Waals surface area contributed by atoms with Gasteiger partial charge in [-0.05, 0) is 138 Å². The first-order valence-electron chi connectivity index (χ1n) is 19.3. The zero-order valence-electron chi connectivity index (χ0n) is 32.2. The van der Waals surface area contributed by atoms with E-state index in [1.807, 2.05) is 0 Å². The Morgan fingerprint density at radius 1 is 0.378 bits per heavy atom. The number of rotatable bonds is 30. The minimum Gasteiger partial charge on any atom is -0.353 e. The molecule has 0 aromatic carbocycles. The molecule has 0 rings (SSSR count). The van der Waals surface area contributed by atoms with Crippen molar-refractivity contribution in [2.24, 2.45) is 47.3 Å². The molecule has 45 heavy (non-hydrogen) atoms. The molecule has 3 nitrogen and oxygen atoms in total. The summed E-state index contributed by atoms with van der Waals surface area (Å²) in [7, 11) is 0. The lowest BCUT2D eigenvalue weighted by Gasteiger charge is -2.26. The minimum absolute atomic E-state index is 0.158. The van der Waals surface area contributed by atoms with E-state index < -0.39 is 0 Å². The first kappa shape index (κ1) is 46.3. The van der Waals surface area contributed by atoms with E-state index in [-0.39, 0.29) is 12.6 Å². The van der Waals surface area contributed by atoms with Gasteiger partial charge in [0.25, 0.3) is 0 Å². The van der Waals surface area contributed by atoms with Gasteiger partial charge in [-0.2, -0.15) is 0 Å². The van der Waals surface area contributed by atoms with Crippen LogP contribution in [0.5, 0.6) is 0 Å². The van der Waals surface area contributed by atoms with Gasteiger partial charge in [-0.15, -0.1) is 0 Å². The molecular formula is C40H80I2O3. The van der Waals surface area contributed by atoms with Crippen molar-refractivity contribution < 1.29 is 14.2 Å². The van der Waals surface area contributed by atoms with E-state index in [4.69, 9.17) is 14.2 Å². The highest BCUT2D eigenvalue weighted by Crippen LogP contribution is 2.30. The van der Waals surface area contributed by atoms with Gasteiger partial charge in [0.1, 0.15) is 0 Å². The number of hydrogen-bond donors (Lipinski definition) is 0. The average molecular weight is 863 g/mol. The topological polar surface area (TPSA) is 27.7 Å². The Labute approximate surface area is 311 Å². The summed E-state index contributed by atoms with van der Waals surface area (Å²) in [5, 5.41) is 0. The highest BCUT2D eigenvalue weighted by Gasteiger charge is 2.21. The van der Waals surface area contributed by atoms with Crippen LogP contribution in [0.4, 0.5) is 0 Å². The van der Waals surface area contributed by atoms with Crippen molar-refractivity contribution in [3.05, 3.63) is 0 Å². The molecule has 272 valence electrons. The van der Waals surface area contributed by atoms with Gasteiger partial charge in [0.2, 0.25) is 0 Å². The molecule has 0 spiro atoms. The van der Waals surface area contributed by atoms with Gasteiger partial charge < -0.3 is 14.2 Å². The summed E-state index contributed by atoms with van der Waals surface area (Å²) < 4.78 is 20.1. The van der Waals surface area contributed by atoms with Crippen LogP contribution < -0.4 is 0 Å². The Hall–Kier alpha value is 1.34. The van der Waals surface area contributed by atoms with Gasteiger partial charge in [-0.1, -0.05) is 127 Å². The molecule has 0 amide bonds. The number of alkyl halides is 2. The molecule has 0 aromatic rings. The zero-order valence-corrected chi connectivity index (χ0v) is 36.5. The van der Waals surface area contributed by atoms with E-state index in [1.165, 1.54) is 64.2 Å². The Morgan fingerprint density at radius 2 is 0.644 bits per heavy atom. The molecule has 12 unspecified atom stereocenters. The molecule has 0 aromatic heterocycles. The van der Waals surface area contributed by atoms with E-state index >= 15 is 0 Å². The standard InChI is InChI=1S/C40H80I2O3/c1-13-43-39(19-15-17-29(3)21-31(5)23-33(7)25-35(9)27-37(11)41)45-40(44-14-2)20-16-18-30(4)22-32(6)24-34(8)26-36(10)28-38(12)42/h29-40H,13-28H2,1-12H3. The van der Waals surface area contributed by atoms with Crippen molar-refractivity contribution in [2.45, 2.75) is 193 Å². The number of ether oxygens (including phenoxy) is 3. The number of halogens is 2. The second kappa shape index (κ2) is 28.1. The largest absolute Gasteiger partial charge is 0.353 e. The van der Waals surface area contributed by atoms with Crippen LogP contribution >= 0.6 is 45.2 Å². The fourth-order valence-electron chi connectivity index (χ4n) is 8.23.